The number of nitrogens with one attached hydrogen (secondary N) is 2. The Balaban J connectivity index is 1.82. The van der Waals surface area contributed by atoms with E-state index in [0.29, 0.717) is 12.5 Å². The second kappa shape index (κ2) is 9.62. The van der Waals surface area contributed by atoms with Crippen LogP contribution in [0.2, 0.25) is 0 Å². The molecule has 27 heavy (non-hydrogen) atoms. The molecule has 150 valence electrons. The maximum absolute atomic E-state index is 12.3. The Morgan fingerprint density at radius 2 is 2.04 bits per heavy atom. The van der Waals surface area contributed by atoms with Crippen molar-refractivity contribution in [1.29, 1.82) is 0 Å². The summed E-state index contributed by atoms with van der Waals surface area (Å²) in [6.07, 6.45) is 1.88. The smallest absolute Gasteiger partial charge is 0.410 e. The minimum atomic E-state index is -0.457. The first-order valence-corrected chi connectivity index (χ1v) is 9.78. The van der Waals surface area contributed by atoms with Gasteiger partial charge in [-0.05, 0) is 52.0 Å². The van der Waals surface area contributed by atoms with Gasteiger partial charge in [0.2, 0.25) is 0 Å². The van der Waals surface area contributed by atoms with E-state index in [9.17, 15) is 4.79 Å². The molecule has 2 rings (SSSR count). The van der Waals surface area contributed by atoms with E-state index in [1.54, 1.807) is 7.05 Å². The first kappa shape index (κ1) is 21.1. The van der Waals surface area contributed by atoms with Crippen molar-refractivity contribution in [2.45, 2.75) is 52.2 Å². The zero-order valence-electron chi connectivity index (χ0n) is 17.3. The van der Waals surface area contributed by atoms with Gasteiger partial charge in [-0.2, -0.15) is 0 Å². The molecule has 0 spiro atoms. The van der Waals surface area contributed by atoms with Crippen LogP contribution in [0.1, 0.15) is 52.1 Å². The van der Waals surface area contributed by atoms with E-state index in [1.165, 1.54) is 5.56 Å². The molecule has 6 heteroatoms. The molecule has 1 aliphatic rings. The van der Waals surface area contributed by atoms with Crippen LogP contribution in [0.25, 0.3) is 0 Å². The fourth-order valence-electron chi connectivity index (χ4n) is 3.19. The van der Waals surface area contributed by atoms with Gasteiger partial charge >= 0.3 is 6.09 Å². The fourth-order valence-corrected chi connectivity index (χ4v) is 3.19. The molecule has 2 atom stereocenters. The van der Waals surface area contributed by atoms with Gasteiger partial charge in [0.05, 0.1) is 6.04 Å². The molecule has 0 saturated carbocycles. The summed E-state index contributed by atoms with van der Waals surface area (Å²) >= 11 is 0. The number of benzene rings is 1. The molecular weight excluding hydrogens is 340 g/mol. The Hall–Kier alpha value is -2.24. The molecule has 1 aromatic carbocycles. The minimum Gasteiger partial charge on any atom is -0.444 e. The Morgan fingerprint density at radius 1 is 1.33 bits per heavy atom. The number of ether oxygens (including phenoxy) is 1. The molecule has 1 heterocycles. The molecule has 1 aromatic rings. The zero-order chi connectivity index (χ0) is 19.9. The molecule has 0 aromatic heterocycles. The van der Waals surface area contributed by atoms with Crippen molar-refractivity contribution in [3.05, 3.63) is 35.9 Å². The van der Waals surface area contributed by atoms with E-state index in [-0.39, 0.29) is 12.1 Å². The summed E-state index contributed by atoms with van der Waals surface area (Å²) in [5.74, 6) is 1.16. The highest BCUT2D eigenvalue weighted by Crippen LogP contribution is 2.19. The van der Waals surface area contributed by atoms with Crippen molar-refractivity contribution in [3.63, 3.8) is 0 Å². The van der Waals surface area contributed by atoms with Crippen LogP contribution in [0.15, 0.2) is 35.3 Å². The molecule has 2 unspecified atom stereocenters. The first-order valence-electron chi connectivity index (χ1n) is 9.78. The summed E-state index contributed by atoms with van der Waals surface area (Å²) in [6.45, 7) is 10.1. The number of guanidine groups is 1. The highest BCUT2D eigenvalue weighted by Gasteiger charge is 2.27. The maximum Gasteiger partial charge on any atom is 0.410 e. The van der Waals surface area contributed by atoms with E-state index < -0.39 is 5.60 Å². The number of carbonyl (C=O) groups is 1. The lowest BCUT2D eigenvalue weighted by molar-refractivity contribution is 0.0168. The molecule has 1 fully saturated rings. The van der Waals surface area contributed by atoms with Gasteiger partial charge in [-0.25, -0.2) is 4.79 Å². The van der Waals surface area contributed by atoms with E-state index in [2.05, 4.69) is 34.7 Å². The van der Waals surface area contributed by atoms with Crippen molar-refractivity contribution in [2.75, 3.05) is 26.7 Å². The van der Waals surface area contributed by atoms with Crippen LogP contribution < -0.4 is 10.6 Å². The monoisotopic (exact) mass is 374 g/mol. The van der Waals surface area contributed by atoms with Gasteiger partial charge in [0.1, 0.15) is 5.60 Å². The van der Waals surface area contributed by atoms with Crippen LogP contribution in [-0.4, -0.2) is 49.2 Å². The lowest BCUT2D eigenvalue weighted by Gasteiger charge is -2.34. The lowest BCUT2D eigenvalue weighted by atomic mass is 9.98. The summed E-state index contributed by atoms with van der Waals surface area (Å²) in [4.78, 5) is 18.5. The number of hydrogen-bond acceptors (Lipinski definition) is 3. The summed E-state index contributed by atoms with van der Waals surface area (Å²) in [7, 11) is 1.78. The molecule has 1 aliphatic heterocycles. The standard InChI is InChI=1S/C21H34N4O2/c1-16(18-11-7-6-8-12-18)24-19(22-5)23-14-17-10-9-13-25(15-17)20(26)27-21(2,3)4/h6-8,11-12,16-17H,9-10,13-15H2,1-5H3,(H2,22,23,24). The second-order valence-electron chi connectivity index (χ2n) is 8.16. The van der Waals surface area contributed by atoms with Gasteiger partial charge in [-0.15, -0.1) is 0 Å². The fraction of sp³-hybridized carbons (Fsp3) is 0.619. The van der Waals surface area contributed by atoms with Crippen molar-refractivity contribution in [1.82, 2.24) is 15.5 Å². The third-order valence-electron chi connectivity index (χ3n) is 4.61. The Morgan fingerprint density at radius 3 is 2.67 bits per heavy atom. The number of aliphatic imine (C=N–C) groups is 1. The first-order chi connectivity index (χ1) is 12.8. The van der Waals surface area contributed by atoms with Gasteiger partial charge in [-0.3, -0.25) is 4.99 Å². The zero-order valence-corrected chi connectivity index (χ0v) is 17.3. The quantitative estimate of drug-likeness (QED) is 0.625. The average molecular weight is 375 g/mol. The molecule has 2 N–H and O–H groups in total. The Kier molecular flexibility index (Phi) is 7.51. The van der Waals surface area contributed by atoms with Crippen LogP contribution >= 0.6 is 0 Å². The number of piperidine rings is 1. The number of rotatable bonds is 4. The number of likely N-dealkylation sites (tertiary alicyclic amines) is 1. The topological polar surface area (TPSA) is 66.0 Å². The van der Waals surface area contributed by atoms with E-state index in [4.69, 9.17) is 4.74 Å². The predicted molar refractivity (Wildman–Crippen MR) is 110 cm³/mol. The summed E-state index contributed by atoms with van der Waals surface area (Å²) in [5, 5.41) is 6.83. The van der Waals surface area contributed by atoms with E-state index in [1.807, 2.05) is 43.9 Å². The molecule has 0 aliphatic carbocycles. The lowest BCUT2D eigenvalue weighted by Crippen LogP contribution is -2.47. The summed E-state index contributed by atoms with van der Waals surface area (Å²) in [6, 6.07) is 10.5. The average Bonchev–Trinajstić information content (AvgIpc) is 2.64. The molecule has 1 saturated heterocycles. The van der Waals surface area contributed by atoms with Gasteiger partial charge in [0, 0.05) is 26.7 Å². The van der Waals surface area contributed by atoms with Gasteiger partial charge in [0.15, 0.2) is 5.96 Å². The van der Waals surface area contributed by atoms with Gasteiger partial charge < -0.3 is 20.3 Å². The number of carbonyl (C=O) groups excluding carboxylic acids is 1. The maximum atomic E-state index is 12.3. The van der Waals surface area contributed by atoms with Crippen LogP contribution in [-0.2, 0) is 4.74 Å². The van der Waals surface area contributed by atoms with Gasteiger partial charge in [-0.1, -0.05) is 30.3 Å². The van der Waals surface area contributed by atoms with Crippen molar-refractivity contribution < 1.29 is 9.53 Å². The van der Waals surface area contributed by atoms with Crippen molar-refractivity contribution in [3.8, 4) is 0 Å². The third-order valence-corrected chi connectivity index (χ3v) is 4.61. The van der Waals surface area contributed by atoms with E-state index in [0.717, 1.165) is 31.9 Å². The number of nitrogens with zero attached hydrogens (tertiary/aromatic N) is 2. The molecule has 1 amide bonds. The van der Waals surface area contributed by atoms with Crippen LogP contribution in [0, 0.1) is 5.92 Å². The van der Waals surface area contributed by atoms with Crippen LogP contribution in [0.5, 0.6) is 0 Å². The third kappa shape index (κ3) is 7.12. The SMILES string of the molecule is CN=C(NCC1CCCN(C(=O)OC(C)(C)C)C1)NC(C)c1ccccc1. The van der Waals surface area contributed by atoms with Crippen LogP contribution in [0.3, 0.4) is 0 Å². The molecular formula is C21H34N4O2. The highest BCUT2D eigenvalue weighted by molar-refractivity contribution is 5.80. The summed E-state index contributed by atoms with van der Waals surface area (Å²) in [5.41, 5.74) is 0.760. The normalized spacial score (nSPS) is 19.4. The molecule has 0 radical (unpaired) electrons. The largest absolute Gasteiger partial charge is 0.444 e. The van der Waals surface area contributed by atoms with Crippen LogP contribution in [0.4, 0.5) is 4.79 Å². The number of amides is 1. The predicted octanol–water partition coefficient (Wildman–Crippen LogP) is 3.56. The second-order valence-corrected chi connectivity index (χ2v) is 8.16. The highest BCUT2D eigenvalue weighted by atomic mass is 16.6. The minimum absolute atomic E-state index is 0.169. The number of hydrogen-bond donors (Lipinski definition) is 2. The van der Waals surface area contributed by atoms with Crippen molar-refractivity contribution >= 4 is 12.1 Å². The molecule has 6 nitrogen and oxygen atoms in total. The summed E-state index contributed by atoms with van der Waals surface area (Å²) < 4.78 is 5.50. The Labute approximate surface area is 163 Å². The van der Waals surface area contributed by atoms with Crippen molar-refractivity contribution in [2.24, 2.45) is 10.9 Å². The molecule has 0 bridgehead atoms. The van der Waals surface area contributed by atoms with E-state index >= 15 is 0 Å². The Bertz CT molecular complexity index is 625. The van der Waals surface area contributed by atoms with Gasteiger partial charge in [0.25, 0.3) is 0 Å².